The van der Waals surface area contributed by atoms with Crippen LogP contribution in [0.1, 0.15) is 51.5 Å². The molecule has 1 fully saturated rings. The van der Waals surface area contributed by atoms with Crippen molar-refractivity contribution in [1.82, 2.24) is 0 Å². The van der Waals surface area contributed by atoms with Crippen LogP contribution in [0.4, 0.5) is 5.69 Å². The minimum atomic E-state index is -0.0573. The van der Waals surface area contributed by atoms with Crippen LogP contribution >= 0.6 is 0 Å². The maximum atomic E-state index is 11.2. The van der Waals surface area contributed by atoms with Gasteiger partial charge in [-0.1, -0.05) is 43.2 Å². The molecule has 0 unspecified atom stereocenters. The average molecular weight is 255 g/mol. The Labute approximate surface area is 115 Å². The summed E-state index contributed by atoms with van der Waals surface area (Å²) in [4.78, 5) is 11.2. The van der Waals surface area contributed by atoms with Gasteiger partial charge in [0, 0.05) is 17.9 Å². The predicted octanol–water partition coefficient (Wildman–Crippen LogP) is 3.97. The summed E-state index contributed by atoms with van der Waals surface area (Å²) in [7, 11) is 0. The fraction of sp³-hybridized carbons (Fsp3) is 0.471. The topological polar surface area (TPSA) is 29.1 Å². The molecule has 2 rings (SSSR count). The smallest absolute Gasteiger partial charge is 0.221 e. The second-order valence-corrected chi connectivity index (χ2v) is 5.60. The Kier molecular flexibility index (Phi) is 4.27. The Hall–Kier alpha value is -1.75. The van der Waals surface area contributed by atoms with E-state index in [0.29, 0.717) is 0 Å². The molecule has 0 bridgehead atoms. The van der Waals surface area contributed by atoms with Crippen LogP contribution in [0.15, 0.2) is 24.3 Å². The van der Waals surface area contributed by atoms with Crippen molar-refractivity contribution in [3.8, 4) is 11.8 Å². The van der Waals surface area contributed by atoms with E-state index in [0.717, 1.165) is 11.3 Å². The number of anilines is 1. The Morgan fingerprint density at radius 1 is 1.21 bits per heavy atom. The summed E-state index contributed by atoms with van der Waals surface area (Å²) >= 11 is 0. The largest absolute Gasteiger partial charge is 0.325 e. The van der Waals surface area contributed by atoms with E-state index in [1.165, 1.54) is 39.0 Å². The minimum absolute atomic E-state index is 0.0573. The predicted molar refractivity (Wildman–Crippen MR) is 78.8 cm³/mol. The summed E-state index contributed by atoms with van der Waals surface area (Å²) < 4.78 is 0. The van der Waals surface area contributed by atoms with Gasteiger partial charge in [-0.3, -0.25) is 4.79 Å². The molecule has 0 radical (unpaired) electrons. The van der Waals surface area contributed by atoms with Crippen molar-refractivity contribution in [2.75, 3.05) is 5.32 Å². The molecule has 0 spiro atoms. The molecule has 0 saturated heterocycles. The average Bonchev–Trinajstić information content (AvgIpc) is 2.38. The molecule has 1 N–H and O–H groups in total. The molecule has 1 aromatic carbocycles. The van der Waals surface area contributed by atoms with E-state index < -0.39 is 0 Å². The lowest BCUT2D eigenvalue weighted by atomic mass is 9.76. The molecule has 1 saturated carbocycles. The van der Waals surface area contributed by atoms with Gasteiger partial charge in [-0.2, -0.15) is 0 Å². The third-order valence-corrected chi connectivity index (χ3v) is 3.69. The van der Waals surface area contributed by atoms with Crippen LogP contribution in [0, 0.1) is 17.3 Å². The van der Waals surface area contributed by atoms with Gasteiger partial charge in [0.05, 0.1) is 5.69 Å². The van der Waals surface area contributed by atoms with Crippen LogP contribution in [0.25, 0.3) is 0 Å². The number of para-hydroxylation sites is 1. The number of nitrogens with one attached hydrogen (secondary N) is 1. The third-order valence-electron chi connectivity index (χ3n) is 3.69. The lowest BCUT2D eigenvalue weighted by molar-refractivity contribution is -0.114. The molecular formula is C17H21NO. The van der Waals surface area contributed by atoms with Crippen molar-refractivity contribution < 1.29 is 4.79 Å². The maximum absolute atomic E-state index is 11.2. The summed E-state index contributed by atoms with van der Waals surface area (Å²) in [5, 5.41) is 2.83. The normalized spacial score (nSPS) is 17.2. The fourth-order valence-electron chi connectivity index (χ4n) is 2.57. The molecular weight excluding hydrogens is 234 g/mol. The molecule has 0 atom stereocenters. The summed E-state index contributed by atoms with van der Waals surface area (Å²) in [6.45, 7) is 3.77. The maximum Gasteiger partial charge on any atom is 0.221 e. The lowest BCUT2D eigenvalue weighted by Crippen LogP contribution is -2.17. The molecule has 1 aliphatic carbocycles. The monoisotopic (exact) mass is 255 g/mol. The number of carbonyl (C=O) groups is 1. The molecule has 2 nitrogen and oxygen atoms in total. The minimum Gasteiger partial charge on any atom is -0.325 e. The molecule has 1 amide bonds. The number of carbonyl (C=O) groups excluding carboxylic acids is 1. The van der Waals surface area contributed by atoms with Gasteiger partial charge >= 0.3 is 0 Å². The van der Waals surface area contributed by atoms with Crippen LogP contribution in [0.5, 0.6) is 0 Å². The molecule has 1 aromatic rings. The summed E-state index contributed by atoms with van der Waals surface area (Å²) in [5.74, 6) is 6.63. The molecule has 100 valence electrons. The quantitative estimate of drug-likeness (QED) is 0.756. The van der Waals surface area contributed by atoms with Gasteiger partial charge in [-0.05, 0) is 31.9 Å². The lowest BCUT2D eigenvalue weighted by Gasteiger charge is -2.27. The van der Waals surface area contributed by atoms with Crippen LogP contribution in [0.2, 0.25) is 0 Å². The van der Waals surface area contributed by atoms with Gasteiger partial charge < -0.3 is 5.32 Å². The van der Waals surface area contributed by atoms with Crippen LogP contribution in [-0.4, -0.2) is 5.91 Å². The fourth-order valence-corrected chi connectivity index (χ4v) is 2.57. The second-order valence-electron chi connectivity index (χ2n) is 5.60. The van der Waals surface area contributed by atoms with E-state index in [2.05, 4.69) is 24.1 Å². The van der Waals surface area contributed by atoms with Crippen LogP contribution in [0.3, 0.4) is 0 Å². The zero-order valence-electron chi connectivity index (χ0n) is 11.8. The molecule has 19 heavy (non-hydrogen) atoms. The summed E-state index contributed by atoms with van der Waals surface area (Å²) in [6, 6.07) is 7.73. The first-order valence-electron chi connectivity index (χ1n) is 6.99. The first-order valence-corrected chi connectivity index (χ1v) is 6.99. The van der Waals surface area contributed by atoms with Gasteiger partial charge in [-0.25, -0.2) is 0 Å². The Morgan fingerprint density at radius 3 is 2.58 bits per heavy atom. The molecule has 0 heterocycles. The number of amides is 1. The summed E-state index contributed by atoms with van der Waals surface area (Å²) in [6.07, 6.45) is 6.25. The van der Waals surface area contributed by atoms with Gasteiger partial charge in [0.15, 0.2) is 0 Å². The van der Waals surface area contributed by atoms with Crippen molar-refractivity contribution >= 4 is 11.6 Å². The van der Waals surface area contributed by atoms with Crippen molar-refractivity contribution in [2.45, 2.75) is 46.0 Å². The second kappa shape index (κ2) is 5.93. The van der Waals surface area contributed by atoms with Gasteiger partial charge in [0.2, 0.25) is 5.91 Å². The van der Waals surface area contributed by atoms with Crippen molar-refractivity contribution in [2.24, 2.45) is 5.41 Å². The number of hydrogen-bond donors (Lipinski definition) is 1. The van der Waals surface area contributed by atoms with E-state index in [1.807, 2.05) is 24.3 Å². The van der Waals surface area contributed by atoms with Gasteiger partial charge in [0.1, 0.15) is 0 Å². The highest BCUT2D eigenvalue weighted by atomic mass is 16.1. The van der Waals surface area contributed by atoms with E-state index >= 15 is 0 Å². The zero-order chi connectivity index (χ0) is 13.7. The third kappa shape index (κ3) is 3.86. The van der Waals surface area contributed by atoms with E-state index in [1.54, 1.807) is 0 Å². The Morgan fingerprint density at radius 2 is 1.89 bits per heavy atom. The number of rotatable bonds is 1. The van der Waals surface area contributed by atoms with Gasteiger partial charge in [-0.15, -0.1) is 0 Å². The van der Waals surface area contributed by atoms with E-state index in [9.17, 15) is 4.79 Å². The Bertz CT molecular complexity index is 516. The first-order chi connectivity index (χ1) is 9.09. The zero-order valence-corrected chi connectivity index (χ0v) is 11.8. The molecule has 0 aromatic heterocycles. The summed E-state index contributed by atoms with van der Waals surface area (Å²) in [5.41, 5.74) is 1.85. The van der Waals surface area contributed by atoms with E-state index in [4.69, 9.17) is 0 Å². The number of hydrogen-bond acceptors (Lipinski definition) is 1. The number of benzene rings is 1. The Balaban J connectivity index is 2.21. The molecule has 0 aliphatic heterocycles. The SMILES string of the molecule is CC(=O)Nc1ccccc1C#CC1(C)CCCCC1. The highest BCUT2D eigenvalue weighted by molar-refractivity contribution is 5.90. The highest BCUT2D eigenvalue weighted by Crippen LogP contribution is 2.35. The molecule has 1 aliphatic rings. The van der Waals surface area contributed by atoms with Crippen LogP contribution < -0.4 is 5.32 Å². The van der Waals surface area contributed by atoms with Crippen LogP contribution in [-0.2, 0) is 4.79 Å². The molecule has 2 heteroatoms. The first kappa shape index (κ1) is 13.7. The van der Waals surface area contributed by atoms with Crippen molar-refractivity contribution in [3.05, 3.63) is 29.8 Å². The van der Waals surface area contributed by atoms with Crippen molar-refractivity contribution in [3.63, 3.8) is 0 Å². The van der Waals surface area contributed by atoms with Gasteiger partial charge in [0.25, 0.3) is 0 Å². The van der Waals surface area contributed by atoms with Crippen molar-refractivity contribution in [1.29, 1.82) is 0 Å². The highest BCUT2D eigenvalue weighted by Gasteiger charge is 2.24. The standard InChI is InChI=1S/C17H21NO/c1-14(19)18-16-9-5-4-8-15(16)10-13-17(2)11-6-3-7-12-17/h4-5,8-9H,3,6-7,11-12H2,1-2H3,(H,18,19). The van der Waals surface area contributed by atoms with E-state index in [-0.39, 0.29) is 11.3 Å².